The lowest BCUT2D eigenvalue weighted by molar-refractivity contribution is 0.0979. The summed E-state index contributed by atoms with van der Waals surface area (Å²) in [6.45, 7) is 0.0975. The molecule has 0 saturated heterocycles. The zero-order valence-electron chi connectivity index (χ0n) is 16.6. The lowest BCUT2D eigenvalue weighted by Gasteiger charge is -2.13. The minimum atomic E-state index is -4.39. The summed E-state index contributed by atoms with van der Waals surface area (Å²) < 4.78 is 15.5. The van der Waals surface area contributed by atoms with Crippen LogP contribution in [-0.2, 0) is 15.5 Å². The molecule has 0 spiro atoms. The summed E-state index contributed by atoms with van der Waals surface area (Å²) in [7, 11) is -4.39. The second-order valence-corrected chi connectivity index (χ2v) is 9.14. The molecule has 0 heterocycles. The first kappa shape index (κ1) is 21.9. The van der Waals surface area contributed by atoms with Gasteiger partial charge in [0.2, 0.25) is 0 Å². The van der Waals surface area contributed by atoms with Crippen molar-refractivity contribution in [1.82, 2.24) is 0 Å². The van der Waals surface area contributed by atoms with Gasteiger partial charge in [0.15, 0.2) is 5.78 Å². The van der Waals surface area contributed by atoms with E-state index >= 15 is 0 Å². The quantitative estimate of drug-likeness (QED) is 0.313. The fourth-order valence-corrected chi connectivity index (χ4v) is 4.48. The van der Waals surface area contributed by atoms with E-state index < -0.39 is 7.82 Å². The van der Waals surface area contributed by atoms with Gasteiger partial charge in [0.1, 0.15) is 0 Å². The van der Waals surface area contributed by atoms with E-state index in [-0.39, 0.29) is 18.3 Å². The van der Waals surface area contributed by atoms with Gasteiger partial charge in [0.25, 0.3) is 0 Å². The fraction of sp³-hybridized carbons (Fsp3) is 0.435. The summed E-state index contributed by atoms with van der Waals surface area (Å²) in [6, 6.07) is 18.2. The molecule has 2 aromatic carbocycles. The van der Waals surface area contributed by atoms with Gasteiger partial charge in [0, 0.05) is 12.0 Å². The van der Waals surface area contributed by atoms with Crippen LogP contribution >= 0.6 is 7.82 Å². The SMILES string of the molecule is O=C(CCCCc1ccccc1)c1ccc([C@@H]2CC[C@H](COP(=O)(O)O)C2)cc1. The van der Waals surface area contributed by atoms with Gasteiger partial charge in [-0.3, -0.25) is 9.32 Å². The molecule has 156 valence electrons. The third-order valence-electron chi connectivity index (χ3n) is 5.69. The second-order valence-electron chi connectivity index (χ2n) is 7.90. The Bertz CT molecular complexity index is 828. The van der Waals surface area contributed by atoms with Crippen molar-refractivity contribution in [2.75, 3.05) is 6.61 Å². The summed E-state index contributed by atoms with van der Waals surface area (Å²) in [5, 5.41) is 0. The number of phosphoric acid groups is 1. The fourth-order valence-electron chi connectivity index (χ4n) is 4.08. The average molecular weight is 416 g/mol. The molecule has 0 radical (unpaired) electrons. The van der Waals surface area contributed by atoms with Crippen molar-refractivity contribution in [3.63, 3.8) is 0 Å². The average Bonchev–Trinajstić information content (AvgIpc) is 3.19. The van der Waals surface area contributed by atoms with Gasteiger partial charge >= 0.3 is 7.82 Å². The first-order valence-electron chi connectivity index (χ1n) is 10.3. The number of aryl methyl sites for hydroxylation is 1. The lowest BCUT2D eigenvalue weighted by atomic mass is 9.94. The molecule has 0 amide bonds. The van der Waals surface area contributed by atoms with E-state index in [0.717, 1.165) is 44.1 Å². The van der Waals surface area contributed by atoms with E-state index in [1.165, 1.54) is 11.1 Å². The predicted octanol–water partition coefficient (Wildman–Crippen LogP) is 5.28. The zero-order chi connectivity index (χ0) is 20.7. The van der Waals surface area contributed by atoms with E-state index in [2.05, 4.69) is 16.7 Å². The van der Waals surface area contributed by atoms with Crippen LogP contribution in [0.3, 0.4) is 0 Å². The van der Waals surface area contributed by atoms with Crippen molar-refractivity contribution in [2.24, 2.45) is 5.92 Å². The van der Waals surface area contributed by atoms with E-state index in [4.69, 9.17) is 9.79 Å². The molecule has 5 nitrogen and oxygen atoms in total. The van der Waals surface area contributed by atoms with Crippen molar-refractivity contribution in [2.45, 2.75) is 50.9 Å². The van der Waals surface area contributed by atoms with Crippen molar-refractivity contribution in [3.05, 3.63) is 71.3 Å². The molecule has 2 N–H and O–H groups in total. The van der Waals surface area contributed by atoms with Crippen LogP contribution in [0.15, 0.2) is 54.6 Å². The molecule has 0 aromatic heterocycles. The highest BCUT2D eigenvalue weighted by atomic mass is 31.2. The smallest absolute Gasteiger partial charge is 0.303 e. The Morgan fingerprint density at radius 2 is 1.72 bits per heavy atom. The molecule has 29 heavy (non-hydrogen) atoms. The van der Waals surface area contributed by atoms with Crippen LogP contribution in [-0.4, -0.2) is 22.2 Å². The molecule has 3 rings (SSSR count). The summed E-state index contributed by atoms with van der Waals surface area (Å²) in [5.74, 6) is 0.706. The summed E-state index contributed by atoms with van der Waals surface area (Å²) in [6.07, 6.45) is 6.19. The molecule has 6 heteroatoms. The first-order valence-corrected chi connectivity index (χ1v) is 11.8. The van der Waals surface area contributed by atoms with Gasteiger partial charge < -0.3 is 9.79 Å². The highest BCUT2D eigenvalue weighted by Gasteiger charge is 2.28. The Labute approximate surface area is 172 Å². The largest absolute Gasteiger partial charge is 0.469 e. The highest BCUT2D eigenvalue weighted by molar-refractivity contribution is 7.46. The number of phosphoric ester groups is 1. The van der Waals surface area contributed by atoms with E-state index in [1.807, 2.05) is 42.5 Å². The molecule has 2 aromatic rings. The highest BCUT2D eigenvalue weighted by Crippen LogP contribution is 2.42. The van der Waals surface area contributed by atoms with Crippen molar-refractivity contribution >= 4 is 13.6 Å². The van der Waals surface area contributed by atoms with Crippen LogP contribution in [0, 0.1) is 5.92 Å². The third-order valence-corrected chi connectivity index (χ3v) is 6.17. The predicted molar refractivity (Wildman–Crippen MR) is 113 cm³/mol. The van der Waals surface area contributed by atoms with Crippen molar-refractivity contribution < 1.29 is 23.7 Å². The van der Waals surface area contributed by atoms with Crippen LogP contribution in [0.5, 0.6) is 0 Å². The molecule has 1 saturated carbocycles. The summed E-state index contributed by atoms with van der Waals surface area (Å²) >= 11 is 0. The van der Waals surface area contributed by atoms with Gasteiger partial charge in [-0.1, -0.05) is 54.6 Å². The molecule has 1 aliphatic carbocycles. The Hall–Kier alpha value is -1.78. The van der Waals surface area contributed by atoms with Crippen LogP contribution in [0.2, 0.25) is 0 Å². The first-order chi connectivity index (χ1) is 13.9. The molecular formula is C23H29O5P. The van der Waals surface area contributed by atoms with Crippen LogP contribution in [0.4, 0.5) is 0 Å². The number of hydrogen-bond acceptors (Lipinski definition) is 3. The minimum Gasteiger partial charge on any atom is -0.303 e. The minimum absolute atomic E-state index is 0.0975. The number of carbonyl (C=O) groups excluding carboxylic acids is 1. The number of ketones is 1. The molecule has 1 aliphatic rings. The molecule has 0 aliphatic heterocycles. The monoisotopic (exact) mass is 416 g/mol. The molecule has 1 fully saturated rings. The Kier molecular flexibility index (Phi) is 7.79. The number of rotatable bonds is 10. The Morgan fingerprint density at radius 1 is 1.00 bits per heavy atom. The molecular weight excluding hydrogens is 387 g/mol. The van der Waals surface area contributed by atoms with E-state index in [1.54, 1.807) is 0 Å². The molecule has 2 atom stereocenters. The number of carbonyl (C=O) groups is 1. The van der Waals surface area contributed by atoms with E-state index in [0.29, 0.717) is 12.3 Å². The van der Waals surface area contributed by atoms with Crippen LogP contribution in [0.1, 0.15) is 65.9 Å². The van der Waals surface area contributed by atoms with Gasteiger partial charge in [-0.15, -0.1) is 0 Å². The second kappa shape index (κ2) is 10.3. The number of Topliss-reactive ketones (excluding diaryl/α,β-unsaturated/α-hetero) is 1. The maximum Gasteiger partial charge on any atom is 0.469 e. The van der Waals surface area contributed by atoms with Gasteiger partial charge in [0.05, 0.1) is 6.61 Å². The number of unbranched alkanes of at least 4 members (excludes halogenated alkanes) is 1. The lowest BCUT2D eigenvalue weighted by Crippen LogP contribution is -2.05. The third kappa shape index (κ3) is 7.20. The zero-order valence-corrected chi connectivity index (χ0v) is 17.5. The summed E-state index contributed by atoms with van der Waals surface area (Å²) in [5.41, 5.74) is 3.25. The van der Waals surface area contributed by atoms with Crippen molar-refractivity contribution in [3.8, 4) is 0 Å². The molecule has 0 unspecified atom stereocenters. The maximum absolute atomic E-state index is 12.4. The van der Waals surface area contributed by atoms with Gasteiger partial charge in [-0.2, -0.15) is 0 Å². The molecule has 0 bridgehead atoms. The normalized spacial score (nSPS) is 19.4. The number of hydrogen-bond donors (Lipinski definition) is 2. The van der Waals surface area contributed by atoms with Crippen LogP contribution < -0.4 is 0 Å². The maximum atomic E-state index is 12.4. The summed E-state index contributed by atoms with van der Waals surface area (Å²) in [4.78, 5) is 30.1. The van der Waals surface area contributed by atoms with Gasteiger partial charge in [-0.05, 0) is 61.5 Å². The van der Waals surface area contributed by atoms with E-state index in [9.17, 15) is 9.36 Å². The van der Waals surface area contributed by atoms with Crippen LogP contribution in [0.25, 0.3) is 0 Å². The Balaban J connectivity index is 1.42. The van der Waals surface area contributed by atoms with Crippen molar-refractivity contribution in [1.29, 1.82) is 0 Å². The topological polar surface area (TPSA) is 83.8 Å². The number of benzene rings is 2. The Morgan fingerprint density at radius 3 is 2.41 bits per heavy atom. The standard InChI is InChI=1S/C23H29O5P/c24-23(9-5-4-8-18-6-2-1-3-7-18)21-14-12-20(13-15-21)22-11-10-19(16-22)17-28-29(25,26)27/h1-3,6-7,12-15,19,22H,4-5,8-11,16-17H2,(H2,25,26,27)/t19-,22+/m0/s1. The van der Waals surface area contributed by atoms with Gasteiger partial charge in [-0.25, -0.2) is 4.57 Å².